The molecular weight excluding hydrogens is 713 g/mol. The largest absolute Gasteiger partial charge is 0.310 e. The standard InChI is InChI=1S/C57H40N2/c1-56(2)50-32-33-51-55(45-21-8-11-24-49(45)57(51)47-22-9-6-19-43(47)44-20-7-10-23-48(44)57)54(50)46-31-30-42(36-52(46)56)59(40-28-26-38(27-29-40)37-15-4-3-5-16-37)41-18-14-17-39(35-41)53-25-12-13-34-58-53/h3-36H,1-2H3. The van der Waals surface area contributed by atoms with Gasteiger partial charge in [0.1, 0.15) is 0 Å². The summed E-state index contributed by atoms with van der Waals surface area (Å²) >= 11 is 0. The number of hydrogen-bond acceptors (Lipinski definition) is 2. The van der Waals surface area contributed by atoms with Gasteiger partial charge in [-0.15, -0.1) is 0 Å². The quantitative estimate of drug-likeness (QED) is 0.174. The molecule has 8 aromatic carbocycles. The third kappa shape index (κ3) is 4.72. The third-order valence-corrected chi connectivity index (χ3v) is 13.3. The van der Waals surface area contributed by atoms with Crippen LogP contribution in [0.5, 0.6) is 0 Å². The van der Waals surface area contributed by atoms with Crippen molar-refractivity contribution in [2.45, 2.75) is 24.7 Å². The first-order chi connectivity index (χ1) is 29.0. The van der Waals surface area contributed by atoms with Gasteiger partial charge in [0, 0.05) is 34.2 Å². The number of rotatable bonds is 5. The van der Waals surface area contributed by atoms with Gasteiger partial charge in [0.2, 0.25) is 0 Å². The smallest absolute Gasteiger partial charge is 0.0725 e. The Hall–Kier alpha value is -7.29. The topological polar surface area (TPSA) is 16.1 Å². The van der Waals surface area contributed by atoms with Gasteiger partial charge in [0.15, 0.2) is 0 Å². The molecule has 3 aliphatic carbocycles. The van der Waals surface area contributed by atoms with E-state index in [0.717, 1.165) is 28.3 Å². The molecule has 0 bridgehead atoms. The molecule has 0 radical (unpaired) electrons. The first kappa shape index (κ1) is 33.8. The van der Waals surface area contributed by atoms with Gasteiger partial charge in [-0.3, -0.25) is 4.98 Å². The minimum absolute atomic E-state index is 0.232. The van der Waals surface area contributed by atoms with E-state index in [9.17, 15) is 0 Å². The summed E-state index contributed by atoms with van der Waals surface area (Å²) in [7, 11) is 0. The van der Waals surface area contributed by atoms with E-state index in [4.69, 9.17) is 4.98 Å². The number of benzene rings is 8. The summed E-state index contributed by atoms with van der Waals surface area (Å²) in [6, 6.07) is 73.9. The van der Waals surface area contributed by atoms with Crippen LogP contribution in [0.15, 0.2) is 206 Å². The fraction of sp³-hybridized carbons (Fsp3) is 0.0702. The lowest BCUT2D eigenvalue weighted by Gasteiger charge is -2.31. The van der Waals surface area contributed by atoms with Gasteiger partial charge in [0.05, 0.1) is 11.1 Å². The van der Waals surface area contributed by atoms with E-state index in [2.05, 4.69) is 213 Å². The lowest BCUT2D eigenvalue weighted by Crippen LogP contribution is -2.26. The van der Waals surface area contributed by atoms with E-state index in [-0.39, 0.29) is 10.8 Å². The Labute approximate surface area is 345 Å². The summed E-state index contributed by atoms with van der Waals surface area (Å²) in [5.41, 5.74) is 23.5. The van der Waals surface area contributed by atoms with Crippen LogP contribution in [-0.2, 0) is 10.8 Å². The number of nitrogens with zero attached hydrogens (tertiary/aromatic N) is 2. The first-order valence-corrected chi connectivity index (χ1v) is 20.6. The van der Waals surface area contributed by atoms with Crippen LogP contribution in [0.2, 0.25) is 0 Å². The maximum absolute atomic E-state index is 4.71. The molecule has 9 aromatic rings. The van der Waals surface area contributed by atoms with Gasteiger partial charge in [-0.2, -0.15) is 0 Å². The Morgan fingerprint density at radius 2 is 0.898 bits per heavy atom. The fourth-order valence-electron chi connectivity index (χ4n) is 10.8. The fourth-order valence-corrected chi connectivity index (χ4v) is 10.8. The van der Waals surface area contributed by atoms with Gasteiger partial charge >= 0.3 is 0 Å². The highest BCUT2D eigenvalue weighted by molar-refractivity contribution is 6.03. The molecule has 2 nitrogen and oxygen atoms in total. The monoisotopic (exact) mass is 752 g/mol. The van der Waals surface area contributed by atoms with Crippen LogP contribution in [-0.4, -0.2) is 4.98 Å². The van der Waals surface area contributed by atoms with Crippen LogP contribution in [0.3, 0.4) is 0 Å². The van der Waals surface area contributed by atoms with Crippen molar-refractivity contribution in [2.24, 2.45) is 0 Å². The maximum Gasteiger partial charge on any atom is 0.0725 e. The van der Waals surface area contributed by atoms with Crippen molar-refractivity contribution in [2.75, 3.05) is 4.90 Å². The molecule has 0 fully saturated rings. The molecule has 59 heavy (non-hydrogen) atoms. The number of anilines is 3. The molecule has 0 saturated heterocycles. The normalized spacial score (nSPS) is 14.2. The Morgan fingerprint density at radius 1 is 0.356 bits per heavy atom. The zero-order valence-corrected chi connectivity index (χ0v) is 33.0. The van der Waals surface area contributed by atoms with E-state index in [1.165, 1.54) is 77.9 Å². The molecule has 1 aromatic heterocycles. The predicted octanol–water partition coefficient (Wildman–Crippen LogP) is 14.5. The molecule has 12 rings (SSSR count). The number of fused-ring (bicyclic) bond motifs is 14. The van der Waals surface area contributed by atoms with Crippen molar-refractivity contribution < 1.29 is 0 Å². The predicted molar refractivity (Wildman–Crippen MR) is 244 cm³/mol. The van der Waals surface area contributed by atoms with Crippen molar-refractivity contribution in [3.63, 3.8) is 0 Å². The molecule has 2 heteroatoms. The van der Waals surface area contributed by atoms with E-state index in [1.807, 2.05) is 12.3 Å². The van der Waals surface area contributed by atoms with Crippen molar-refractivity contribution in [3.05, 3.63) is 240 Å². The summed E-state index contributed by atoms with van der Waals surface area (Å²) in [6.07, 6.45) is 1.86. The van der Waals surface area contributed by atoms with Crippen molar-refractivity contribution in [3.8, 4) is 55.8 Å². The average Bonchev–Trinajstić information content (AvgIpc) is 3.86. The molecule has 0 saturated carbocycles. The summed E-state index contributed by atoms with van der Waals surface area (Å²) in [4.78, 5) is 7.11. The molecule has 3 aliphatic rings. The van der Waals surface area contributed by atoms with E-state index in [1.54, 1.807) is 0 Å². The van der Waals surface area contributed by atoms with Crippen LogP contribution in [0, 0.1) is 0 Å². The molecule has 0 atom stereocenters. The number of aromatic nitrogens is 1. The number of pyridine rings is 1. The lowest BCUT2D eigenvalue weighted by molar-refractivity contribution is 0.660. The van der Waals surface area contributed by atoms with Crippen molar-refractivity contribution in [1.82, 2.24) is 4.98 Å². The summed E-state index contributed by atoms with van der Waals surface area (Å²) in [5, 5.41) is 0. The average molecular weight is 753 g/mol. The van der Waals surface area contributed by atoms with E-state index >= 15 is 0 Å². The summed E-state index contributed by atoms with van der Waals surface area (Å²) in [6.45, 7) is 4.82. The van der Waals surface area contributed by atoms with Gasteiger partial charge in [-0.25, -0.2) is 0 Å². The van der Waals surface area contributed by atoms with Gasteiger partial charge in [0.25, 0.3) is 0 Å². The molecule has 1 spiro atoms. The van der Waals surface area contributed by atoms with E-state index < -0.39 is 0 Å². The first-order valence-electron chi connectivity index (χ1n) is 20.6. The zero-order valence-electron chi connectivity index (χ0n) is 33.0. The second-order valence-corrected chi connectivity index (χ2v) is 16.7. The lowest BCUT2D eigenvalue weighted by atomic mass is 9.70. The van der Waals surface area contributed by atoms with Crippen LogP contribution in [0.1, 0.15) is 47.2 Å². The third-order valence-electron chi connectivity index (χ3n) is 13.3. The second-order valence-electron chi connectivity index (χ2n) is 16.7. The minimum Gasteiger partial charge on any atom is -0.310 e. The Morgan fingerprint density at radius 3 is 1.61 bits per heavy atom. The highest BCUT2D eigenvalue weighted by Crippen LogP contribution is 2.66. The minimum atomic E-state index is -0.373. The van der Waals surface area contributed by atoms with Crippen LogP contribution in [0.4, 0.5) is 17.1 Å². The molecule has 0 unspecified atom stereocenters. The van der Waals surface area contributed by atoms with Gasteiger partial charge < -0.3 is 4.90 Å². The maximum atomic E-state index is 4.71. The summed E-state index contributed by atoms with van der Waals surface area (Å²) < 4.78 is 0. The second kappa shape index (κ2) is 12.6. The Balaban J connectivity index is 1.06. The summed E-state index contributed by atoms with van der Waals surface area (Å²) in [5.74, 6) is 0. The molecule has 0 aliphatic heterocycles. The molecule has 0 amide bonds. The van der Waals surface area contributed by atoms with Gasteiger partial charge in [-0.1, -0.05) is 166 Å². The zero-order chi connectivity index (χ0) is 39.3. The van der Waals surface area contributed by atoms with E-state index in [0.29, 0.717) is 0 Å². The van der Waals surface area contributed by atoms with Gasteiger partial charge in [-0.05, 0) is 126 Å². The highest BCUT2D eigenvalue weighted by atomic mass is 15.1. The molecule has 1 heterocycles. The molecule has 0 N–H and O–H groups in total. The number of hydrogen-bond donors (Lipinski definition) is 0. The van der Waals surface area contributed by atoms with Crippen molar-refractivity contribution >= 4 is 17.1 Å². The molecule has 278 valence electrons. The van der Waals surface area contributed by atoms with Crippen LogP contribution >= 0.6 is 0 Å². The SMILES string of the molecule is CC1(C)c2cc(N(c3ccc(-c4ccccc4)cc3)c3cccc(-c4ccccn4)c3)ccc2-c2c1ccc1c2-c2ccccc2C12c1ccccc1-c1ccccc12. The highest BCUT2D eigenvalue weighted by Gasteiger charge is 2.53. The van der Waals surface area contributed by atoms with Crippen LogP contribution in [0.25, 0.3) is 55.8 Å². The Kier molecular flexibility index (Phi) is 7.22. The molecular formula is C57H40N2. The van der Waals surface area contributed by atoms with Crippen LogP contribution < -0.4 is 4.90 Å². The van der Waals surface area contributed by atoms with Crippen molar-refractivity contribution in [1.29, 1.82) is 0 Å². The Bertz CT molecular complexity index is 3080.